The predicted molar refractivity (Wildman–Crippen MR) is 43.0 cm³/mol. The summed E-state index contributed by atoms with van der Waals surface area (Å²) in [4.78, 5) is 22.2. The van der Waals surface area contributed by atoms with E-state index >= 15 is 0 Å². The molecule has 0 fully saturated rings. The first-order valence-electron chi connectivity index (χ1n) is 3.33. The molecule has 1 amide bonds. The van der Waals surface area contributed by atoms with E-state index in [9.17, 15) is 9.59 Å². The van der Waals surface area contributed by atoms with E-state index in [-0.39, 0.29) is 12.2 Å². The molecule has 0 aromatic carbocycles. The van der Waals surface area contributed by atoms with Crippen LogP contribution in [-0.4, -0.2) is 37.9 Å². The lowest BCUT2D eigenvalue weighted by atomic mass is 10.4. The topological polar surface area (TPSA) is 72.6 Å². The quantitative estimate of drug-likeness (QED) is 0.331. The van der Waals surface area contributed by atoms with Crippen LogP contribution >= 0.6 is 0 Å². The molecule has 68 valence electrons. The number of carbonyl (C=O) groups excluding carboxylic acids is 2. The molecular weight excluding hydrogens is 160 g/mol. The van der Waals surface area contributed by atoms with Gasteiger partial charge in [0.05, 0.1) is 0 Å². The maximum atomic E-state index is 10.6. The molecular formula is C7H12N2O3. The number of primary amides is 1. The molecule has 0 saturated heterocycles. The fourth-order valence-corrected chi connectivity index (χ4v) is 0.524. The third kappa shape index (κ3) is 4.45. The van der Waals surface area contributed by atoms with Gasteiger partial charge in [0.1, 0.15) is 0 Å². The maximum Gasteiger partial charge on any atom is 0.298 e. The van der Waals surface area contributed by atoms with Crippen molar-refractivity contribution < 1.29 is 14.3 Å². The van der Waals surface area contributed by atoms with Gasteiger partial charge in [-0.25, -0.2) is 0 Å². The van der Waals surface area contributed by atoms with E-state index in [0.29, 0.717) is 6.54 Å². The van der Waals surface area contributed by atoms with Crippen molar-refractivity contribution in [3.05, 3.63) is 11.8 Å². The second kappa shape index (κ2) is 5.31. The summed E-state index contributed by atoms with van der Waals surface area (Å²) in [5, 5.41) is 0. The van der Waals surface area contributed by atoms with Crippen LogP contribution in [0.5, 0.6) is 0 Å². The summed E-state index contributed by atoms with van der Waals surface area (Å²) in [6.45, 7) is 0.665. The van der Waals surface area contributed by atoms with Gasteiger partial charge >= 0.3 is 0 Å². The van der Waals surface area contributed by atoms with E-state index in [2.05, 4.69) is 4.74 Å². The average Bonchev–Trinajstić information content (AvgIpc) is 1.96. The second-order valence-electron chi connectivity index (χ2n) is 2.41. The van der Waals surface area contributed by atoms with Gasteiger partial charge in [0.25, 0.3) is 12.4 Å². The van der Waals surface area contributed by atoms with Gasteiger partial charge < -0.3 is 15.4 Å². The summed E-state index contributed by atoms with van der Waals surface area (Å²) in [5.41, 5.74) is 4.90. The Bertz CT molecular complexity index is 199. The van der Waals surface area contributed by atoms with E-state index in [1.54, 1.807) is 4.90 Å². The number of rotatable bonds is 5. The first kappa shape index (κ1) is 10.6. The Hall–Kier alpha value is -1.36. The fourth-order valence-electron chi connectivity index (χ4n) is 0.524. The van der Waals surface area contributed by atoms with Crippen LogP contribution in [-0.2, 0) is 14.3 Å². The van der Waals surface area contributed by atoms with Gasteiger partial charge in [-0.05, 0) is 20.2 Å². The van der Waals surface area contributed by atoms with Crippen molar-refractivity contribution >= 4 is 12.4 Å². The van der Waals surface area contributed by atoms with Gasteiger partial charge in [-0.2, -0.15) is 0 Å². The highest BCUT2D eigenvalue weighted by molar-refractivity contribution is 5.90. The Morgan fingerprint density at radius 1 is 1.58 bits per heavy atom. The van der Waals surface area contributed by atoms with Crippen LogP contribution in [0.15, 0.2) is 11.8 Å². The standard InChI is InChI=1S/C7H12N2O3/c1-9(2)4-3-6(7(8)11)12-5-10/h3,5H,4H2,1-2H3,(H2,8,11)/b6-3-. The molecule has 0 aliphatic heterocycles. The summed E-state index contributed by atoms with van der Waals surface area (Å²) in [5.74, 6) is -0.873. The van der Waals surface area contributed by atoms with Crippen LogP contribution in [0, 0.1) is 0 Å². The van der Waals surface area contributed by atoms with Gasteiger partial charge in [-0.1, -0.05) is 0 Å². The van der Waals surface area contributed by atoms with E-state index in [1.807, 2.05) is 14.1 Å². The van der Waals surface area contributed by atoms with E-state index in [1.165, 1.54) is 6.08 Å². The third-order valence-electron chi connectivity index (χ3n) is 1.06. The minimum atomic E-state index is -0.746. The second-order valence-corrected chi connectivity index (χ2v) is 2.41. The molecule has 0 unspecified atom stereocenters. The Morgan fingerprint density at radius 2 is 2.17 bits per heavy atom. The van der Waals surface area contributed by atoms with E-state index in [4.69, 9.17) is 5.73 Å². The lowest BCUT2D eigenvalue weighted by molar-refractivity contribution is -0.130. The van der Waals surface area contributed by atoms with Crippen LogP contribution in [0.4, 0.5) is 0 Å². The molecule has 2 N–H and O–H groups in total. The number of nitrogens with zero attached hydrogens (tertiary/aromatic N) is 1. The van der Waals surface area contributed by atoms with Crippen molar-refractivity contribution in [2.45, 2.75) is 0 Å². The number of amides is 1. The van der Waals surface area contributed by atoms with Crippen molar-refractivity contribution in [3.63, 3.8) is 0 Å². The highest BCUT2D eigenvalue weighted by atomic mass is 16.5. The molecule has 0 heterocycles. The Kier molecular flexibility index (Phi) is 4.71. The lowest BCUT2D eigenvalue weighted by Crippen LogP contribution is -2.19. The van der Waals surface area contributed by atoms with Crippen LogP contribution in [0.2, 0.25) is 0 Å². The fraction of sp³-hybridized carbons (Fsp3) is 0.429. The number of hydrogen-bond donors (Lipinski definition) is 1. The summed E-state index contributed by atoms with van der Waals surface area (Å²) in [6, 6.07) is 0. The molecule has 12 heavy (non-hydrogen) atoms. The van der Waals surface area contributed by atoms with Gasteiger partial charge in [-0.15, -0.1) is 0 Å². The van der Waals surface area contributed by atoms with E-state index < -0.39 is 5.91 Å². The van der Waals surface area contributed by atoms with Crippen molar-refractivity contribution in [1.82, 2.24) is 4.90 Å². The summed E-state index contributed by atoms with van der Waals surface area (Å²) in [6.07, 6.45) is 1.44. The van der Waals surface area contributed by atoms with Crippen molar-refractivity contribution in [3.8, 4) is 0 Å². The molecule has 0 rings (SSSR count). The van der Waals surface area contributed by atoms with Crippen LogP contribution in [0.1, 0.15) is 0 Å². The van der Waals surface area contributed by atoms with Crippen LogP contribution in [0.3, 0.4) is 0 Å². The van der Waals surface area contributed by atoms with Crippen molar-refractivity contribution in [2.75, 3.05) is 20.6 Å². The molecule has 0 spiro atoms. The molecule has 0 aromatic heterocycles. The first-order valence-corrected chi connectivity index (χ1v) is 3.33. The molecule has 0 aliphatic carbocycles. The number of nitrogens with two attached hydrogens (primary N) is 1. The van der Waals surface area contributed by atoms with Crippen LogP contribution < -0.4 is 5.73 Å². The zero-order valence-electron chi connectivity index (χ0n) is 7.11. The smallest absolute Gasteiger partial charge is 0.298 e. The molecule has 5 heteroatoms. The Labute approximate surface area is 70.8 Å². The zero-order chi connectivity index (χ0) is 9.56. The average molecular weight is 172 g/mol. The van der Waals surface area contributed by atoms with Crippen molar-refractivity contribution in [1.29, 1.82) is 0 Å². The molecule has 0 aliphatic rings. The van der Waals surface area contributed by atoms with Gasteiger partial charge in [0.2, 0.25) is 0 Å². The lowest BCUT2D eigenvalue weighted by Gasteiger charge is -2.05. The molecule has 0 saturated carbocycles. The van der Waals surface area contributed by atoms with Gasteiger partial charge in [-0.3, -0.25) is 9.59 Å². The number of carbonyl (C=O) groups is 2. The summed E-state index contributed by atoms with van der Waals surface area (Å²) < 4.78 is 4.33. The summed E-state index contributed by atoms with van der Waals surface area (Å²) >= 11 is 0. The largest absolute Gasteiger partial charge is 0.423 e. The molecule has 0 aromatic rings. The SMILES string of the molecule is CN(C)C/C=C(\OC=O)C(N)=O. The molecule has 0 bridgehead atoms. The third-order valence-corrected chi connectivity index (χ3v) is 1.06. The highest BCUT2D eigenvalue weighted by Crippen LogP contribution is 1.93. The number of likely N-dealkylation sites (N-methyl/N-ethyl adjacent to an activating group) is 1. The number of ether oxygens (including phenoxy) is 1. The highest BCUT2D eigenvalue weighted by Gasteiger charge is 2.04. The van der Waals surface area contributed by atoms with Crippen molar-refractivity contribution in [2.24, 2.45) is 5.73 Å². The van der Waals surface area contributed by atoms with E-state index in [0.717, 1.165) is 0 Å². The van der Waals surface area contributed by atoms with Crippen LogP contribution in [0.25, 0.3) is 0 Å². The molecule has 0 atom stereocenters. The monoisotopic (exact) mass is 172 g/mol. The summed E-state index contributed by atoms with van der Waals surface area (Å²) in [7, 11) is 3.63. The minimum absolute atomic E-state index is 0.126. The molecule has 0 radical (unpaired) electrons. The Morgan fingerprint density at radius 3 is 2.50 bits per heavy atom. The zero-order valence-corrected chi connectivity index (χ0v) is 7.11. The molecule has 5 nitrogen and oxygen atoms in total. The normalized spacial score (nSPS) is 11.4. The van der Waals surface area contributed by atoms with Gasteiger partial charge in [0, 0.05) is 6.54 Å². The van der Waals surface area contributed by atoms with Gasteiger partial charge in [0.15, 0.2) is 5.76 Å². The first-order chi connectivity index (χ1) is 5.57. The predicted octanol–water partition coefficient (Wildman–Crippen LogP) is -0.910. The number of hydrogen-bond acceptors (Lipinski definition) is 4. The Balaban J connectivity index is 4.17. The maximum absolute atomic E-state index is 10.6. The minimum Gasteiger partial charge on any atom is -0.423 e.